The van der Waals surface area contributed by atoms with Crippen LogP contribution in [0.5, 0.6) is 0 Å². The highest BCUT2D eigenvalue weighted by Crippen LogP contribution is 2.17. The second kappa shape index (κ2) is 7.75. The zero-order valence-corrected chi connectivity index (χ0v) is 13.4. The summed E-state index contributed by atoms with van der Waals surface area (Å²) in [5.41, 5.74) is 1.28. The molecule has 0 aliphatic rings. The Kier molecular flexibility index (Phi) is 6.63. The molecule has 3 heteroatoms. The number of ether oxygens (including phenoxy) is 1. The van der Waals surface area contributed by atoms with Gasteiger partial charge in [-0.25, -0.2) is 4.39 Å². The molecule has 0 radical (unpaired) electrons. The average Bonchev–Trinajstić information content (AvgIpc) is 2.37. The Morgan fingerprint density at radius 1 is 1.20 bits per heavy atom. The van der Waals surface area contributed by atoms with Crippen molar-refractivity contribution in [3.63, 3.8) is 0 Å². The predicted molar refractivity (Wildman–Crippen MR) is 82.4 cm³/mol. The first-order chi connectivity index (χ1) is 9.30. The van der Waals surface area contributed by atoms with Gasteiger partial charge in [0.1, 0.15) is 5.82 Å². The molecule has 1 rings (SSSR count). The summed E-state index contributed by atoms with van der Waals surface area (Å²) in [7, 11) is 1.75. The van der Waals surface area contributed by atoms with E-state index in [1.54, 1.807) is 7.11 Å². The lowest BCUT2D eigenvalue weighted by Crippen LogP contribution is -2.40. The van der Waals surface area contributed by atoms with Crippen molar-refractivity contribution in [1.82, 2.24) is 5.32 Å². The number of hydrogen-bond acceptors (Lipinski definition) is 2. The van der Waals surface area contributed by atoms with E-state index in [9.17, 15) is 4.39 Å². The maximum Gasteiger partial charge on any atom is 0.123 e. The summed E-state index contributed by atoms with van der Waals surface area (Å²) in [6.45, 7) is 9.54. The van der Waals surface area contributed by atoms with Gasteiger partial charge in [-0.05, 0) is 70.7 Å². The van der Waals surface area contributed by atoms with E-state index in [0.29, 0.717) is 5.92 Å². The molecule has 2 unspecified atom stereocenters. The Bertz CT molecular complexity index is 383. The van der Waals surface area contributed by atoms with Gasteiger partial charge in [0.05, 0.1) is 6.10 Å². The van der Waals surface area contributed by atoms with Crippen molar-refractivity contribution in [3.05, 3.63) is 35.6 Å². The molecular formula is C17H28FNO. The zero-order valence-electron chi connectivity index (χ0n) is 13.4. The zero-order chi connectivity index (χ0) is 15.2. The fourth-order valence-corrected chi connectivity index (χ4v) is 2.21. The molecule has 0 amide bonds. The summed E-state index contributed by atoms with van der Waals surface area (Å²) in [4.78, 5) is 0. The molecule has 0 heterocycles. The molecule has 0 spiro atoms. The Labute approximate surface area is 122 Å². The van der Waals surface area contributed by atoms with Crippen molar-refractivity contribution in [1.29, 1.82) is 0 Å². The Morgan fingerprint density at radius 2 is 1.80 bits per heavy atom. The predicted octanol–water partition coefficient (Wildman–Crippen LogP) is 3.80. The van der Waals surface area contributed by atoms with Crippen molar-refractivity contribution in [2.75, 3.05) is 13.7 Å². The van der Waals surface area contributed by atoms with Gasteiger partial charge >= 0.3 is 0 Å². The SMILES string of the molecule is COC(C)CC(CNC(C)(C)C)Cc1ccc(F)cc1. The van der Waals surface area contributed by atoms with E-state index < -0.39 is 0 Å². The number of nitrogens with one attached hydrogen (secondary N) is 1. The van der Waals surface area contributed by atoms with Crippen LogP contribution >= 0.6 is 0 Å². The van der Waals surface area contributed by atoms with E-state index in [0.717, 1.165) is 19.4 Å². The number of hydrogen-bond donors (Lipinski definition) is 1. The average molecular weight is 281 g/mol. The second-order valence-corrected chi connectivity index (χ2v) is 6.61. The van der Waals surface area contributed by atoms with Crippen LogP contribution in [0.2, 0.25) is 0 Å². The molecular weight excluding hydrogens is 253 g/mol. The smallest absolute Gasteiger partial charge is 0.123 e. The molecule has 1 N–H and O–H groups in total. The van der Waals surface area contributed by atoms with Crippen molar-refractivity contribution >= 4 is 0 Å². The quantitative estimate of drug-likeness (QED) is 0.821. The van der Waals surface area contributed by atoms with E-state index >= 15 is 0 Å². The number of methoxy groups -OCH3 is 1. The van der Waals surface area contributed by atoms with Gasteiger partial charge in [0.25, 0.3) is 0 Å². The van der Waals surface area contributed by atoms with Crippen molar-refractivity contribution in [2.24, 2.45) is 5.92 Å². The molecule has 2 atom stereocenters. The molecule has 0 bridgehead atoms. The summed E-state index contributed by atoms with van der Waals surface area (Å²) in [6, 6.07) is 6.81. The van der Waals surface area contributed by atoms with Crippen LogP contribution in [-0.2, 0) is 11.2 Å². The minimum absolute atomic E-state index is 0.108. The first kappa shape index (κ1) is 17.1. The van der Waals surface area contributed by atoms with Crippen LogP contribution in [0.25, 0.3) is 0 Å². The number of rotatable bonds is 7. The maximum absolute atomic E-state index is 13.0. The Balaban J connectivity index is 2.63. The highest BCUT2D eigenvalue weighted by atomic mass is 19.1. The summed E-state index contributed by atoms with van der Waals surface area (Å²) >= 11 is 0. The van der Waals surface area contributed by atoms with Crippen LogP contribution in [0.3, 0.4) is 0 Å². The van der Waals surface area contributed by atoms with Gasteiger partial charge in [-0.3, -0.25) is 0 Å². The molecule has 0 fully saturated rings. The third kappa shape index (κ3) is 7.01. The van der Waals surface area contributed by atoms with Gasteiger partial charge in [0.2, 0.25) is 0 Å². The summed E-state index contributed by atoms with van der Waals surface area (Å²) in [6.07, 6.45) is 2.18. The summed E-state index contributed by atoms with van der Waals surface area (Å²) in [5.74, 6) is 0.304. The van der Waals surface area contributed by atoms with Crippen molar-refractivity contribution < 1.29 is 9.13 Å². The van der Waals surface area contributed by atoms with Crippen molar-refractivity contribution in [2.45, 2.75) is 52.2 Å². The van der Waals surface area contributed by atoms with E-state index in [1.807, 2.05) is 12.1 Å². The van der Waals surface area contributed by atoms with Crippen LogP contribution in [-0.4, -0.2) is 25.3 Å². The fourth-order valence-electron chi connectivity index (χ4n) is 2.21. The highest BCUT2D eigenvalue weighted by Gasteiger charge is 2.17. The van der Waals surface area contributed by atoms with Crippen molar-refractivity contribution in [3.8, 4) is 0 Å². The van der Waals surface area contributed by atoms with Gasteiger partial charge in [0, 0.05) is 12.6 Å². The first-order valence-corrected chi connectivity index (χ1v) is 7.32. The van der Waals surface area contributed by atoms with E-state index in [4.69, 9.17) is 4.74 Å². The monoisotopic (exact) mass is 281 g/mol. The summed E-state index contributed by atoms with van der Waals surface area (Å²) in [5, 5.41) is 3.55. The van der Waals surface area contributed by atoms with Crippen LogP contribution in [0.15, 0.2) is 24.3 Å². The third-order valence-corrected chi connectivity index (χ3v) is 3.43. The lowest BCUT2D eigenvalue weighted by Gasteiger charge is -2.27. The minimum atomic E-state index is -0.177. The molecule has 0 aliphatic heterocycles. The van der Waals surface area contributed by atoms with Crippen LogP contribution in [0, 0.1) is 11.7 Å². The minimum Gasteiger partial charge on any atom is -0.382 e. The van der Waals surface area contributed by atoms with Crippen LogP contribution in [0.1, 0.15) is 39.7 Å². The van der Waals surface area contributed by atoms with Crippen LogP contribution < -0.4 is 5.32 Å². The second-order valence-electron chi connectivity index (χ2n) is 6.61. The molecule has 1 aromatic carbocycles. The molecule has 0 saturated carbocycles. The number of halogens is 1. The number of benzene rings is 1. The van der Waals surface area contributed by atoms with E-state index in [2.05, 4.69) is 33.0 Å². The molecule has 20 heavy (non-hydrogen) atoms. The van der Waals surface area contributed by atoms with E-state index in [-0.39, 0.29) is 17.5 Å². The largest absolute Gasteiger partial charge is 0.382 e. The lowest BCUT2D eigenvalue weighted by atomic mass is 9.93. The molecule has 114 valence electrons. The summed E-state index contributed by atoms with van der Waals surface area (Å²) < 4.78 is 18.3. The van der Waals surface area contributed by atoms with Crippen LogP contribution in [0.4, 0.5) is 4.39 Å². The normalized spacial score (nSPS) is 15.1. The third-order valence-electron chi connectivity index (χ3n) is 3.43. The lowest BCUT2D eigenvalue weighted by molar-refractivity contribution is 0.0934. The molecule has 0 aliphatic carbocycles. The van der Waals surface area contributed by atoms with Gasteiger partial charge < -0.3 is 10.1 Å². The van der Waals surface area contributed by atoms with Gasteiger partial charge in [-0.2, -0.15) is 0 Å². The maximum atomic E-state index is 13.0. The van der Waals surface area contributed by atoms with Gasteiger partial charge in [0.15, 0.2) is 0 Å². The van der Waals surface area contributed by atoms with Gasteiger partial charge in [-0.15, -0.1) is 0 Å². The molecule has 2 nitrogen and oxygen atoms in total. The standard InChI is InChI=1S/C17H28FNO/c1-13(20-5)10-15(12-19-17(2,3)4)11-14-6-8-16(18)9-7-14/h6-9,13,15,19H,10-12H2,1-5H3. The Morgan fingerprint density at radius 3 is 2.30 bits per heavy atom. The highest BCUT2D eigenvalue weighted by molar-refractivity contribution is 5.16. The molecule has 0 aromatic heterocycles. The molecule has 0 saturated heterocycles. The topological polar surface area (TPSA) is 21.3 Å². The Hall–Kier alpha value is -0.930. The van der Waals surface area contributed by atoms with Gasteiger partial charge in [-0.1, -0.05) is 12.1 Å². The molecule has 1 aromatic rings. The fraction of sp³-hybridized carbons (Fsp3) is 0.647. The first-order valence-electron chi connectivity index (χ1n) is 7.32. The van der Waals surface area contributed by atoms with E-state index in [1.165, 1.54) is 17.7 Å².